The fraction of sp³-hybridized carbons (Fsp3) is 0.444. The number of aromatic nitrogens is 2. The first-order valence-electron chi connectivity index (χ1n) is 8.07. The number of alkyl halides is 3. The van der Waals surface area contributed by atoms with Crippen molar-refractivity contribution in [2.24, 2.45) is 5.92 Å². The minimum atomic E-state index is -4.44. The third-order valence-electron chi connectivity index (χ3n) is 4.79. The maximum atomic E-state index is 13.2. The Morgan fingerprint density at radius 1 is 1.24 bits per heavy atom. The van der Waals surface area contributed by atoms with Crippen LogP contribution in [0.2, 0.25) is 0 Å². The highest BCUT2D eigenvalue weighted by molar-refractivity contribution is 5.51. The van der Waals surface area contributed by atoms with E-state index in [1.807, 2.05) is 13.8 Å². The zero-order valence-electron chi connectivity index (χ0n) is 14.1. The molecule has 0 bridgehead atoms. The van der Waals surface area contributed by atoms with E-state index in [4.69, 9.17) is 0 Å². The van der Waals surface area contributed by atoms with Crippen LogP contribution in [-0.4, -0.2) is 15.8 Å². The van der Waals surface area contributed by atoms with Crippen molar-refractivity contribution in [3.05, 3.63) is 58.3 Å². The lowest BCUT2D eigenvalue weighted by molar-refractivity contribution is -0.138. The Morgan fingerprint density at radius 3 is 2.44 bits per heavy atom. The second-order valence-electron chi connectivity index (χ2n) is 6.42. The summed E-state index contributed by atoms with van der Waals surface area (Å²) in [6.45, 7) is 3.72. The molecule has 7 heteroatoms. The molecule has 1 aromatic heterocycles. The molecule has 0 saturated heterocycles. The van der Waals surface area contributed by atoms with Gasteiger partial charge in [0, 0.05) is 18.8 Å². The number of aromatic amines is 1. The van der Waals surface area contributed by atoms with Crippen molar-refractivity contribution in [3.63, 3.8) is 0 Å². The molecule has 1 unspecified atom stereocenters. The van der Waals surface area contributed by atoms with Crippen LogP contribution in [-0.2, 0) is 22.9 Å². The van der Waals surface area contributed by atoms with Gasteiger partial charge in [0.05, 0.1) is 11.1 Å². The van der Waals surface area contributed by atoms with E-state index < -0.39 is 17.3 Å². The fourth-order valence-corrected chi connectivity index (χ4v) is 3.30. The van der Waals surface area contributed by atoms with Crippen molar-refractivity contribution in [1.29, 1.82) is 0 Å². The zero-order chi connectivity index (χ0) is 18.7. The number of nitrogens with one attached hydrogen (secondary N) is 1. The first kappa shape index (κ1) is 19.0. The van der Waals surface area contributed by atoms with E-state index in [9.17, 15) is 22.8 Å². The molecule has 136 valence electrons. The summed E-state index contributed by atoms with van der Waals surface area (Å²) >= 11 is 0. The average Bonchev–Trinajstić information content (AvgIpc) is 2.97. The van der Waals surface area contributed by atoms with Crippen LogP contribution in [0.1, 0.15) is 37.8 Å². The minimum Gasteiger partial charge on any atom is -0.313 e. The van der Waals surface area contributed by atoms with Gasteiger partial charge < -0.3 is 9.78 Å². The Labute approximate surface area is 143 Å². The normalized spacial score (nSPS) is 14.5. The van der Waals surface area contributed by atoms with Crippen LogP contribution in [0.4, 0.5) is 13.2 Å². The largest absolute Gasteiger partial charge is 0.416 e. The Hall–Kier alpha value is -2.31. The van der Waals surface area contributed by atoms with Crippen molar-refractivity contribution in [1.82, 2.24) is 9.55 Å². The van der Waals surface area contributed by atoms with E-state index in [1.165, 1.54) is 22.9 Å². The summed E-state index contributed by atoms with van der Waals surface area (Å²) in [5.41, 5.74) is -1.77. The second kappa shape index (κ2) is 7.29. The van der Waals surface area contributed by atoms with Gasteiger partial charge in [0.15, 0.2) is 0 Å². The van der Waals surface area contributed by atoms with Crippen LogP contribution in [0.5, 0.6) is 0 Å². The average molecular weight is 354 g/mol. The van der Waals surface area contributed by atoms with Gasteiger partial charge in [-0.15, -0.1) is 0 Å². The molecule has 1 heterocycles. The van der Waals surface area contributed by atoms with Gasteiger partial charge in [-0.3, -0.25) is 4.57 Å². The Balaban J connectivity index is 2.42. The molecule has 0 aliphatic rings. The summed E-state index contributed by atoms with van der Waals surface area (Å²) in [6, 6.07) is 5.40. The Bertz CT molecular complexity index is 777. The van der Waals surface area contributed by atoms with Gasteiger partial charge in [0.2, 0.25) is 0 Å². The molecule has 4 nitrogen and oxygen atoms in total. The van der Waals surface area contributed by atoms with E-state index in [2.05, 4.69) is 4.98 Å². The van der Waals surface area contributed by atoms with E-state index in [0.717, 1.165) is 12.4 Å². The van der Waals surface area contributed by atoms with Crippen molar-refractivity contribution in [3.8, 4) is 0 Å². The van der Waals surface area contributed by atoms with Gasteiger partial charge in [0.1, 0.15) is 6.29 Å². The number of carbonyl (C=O) groups excluding carboxylic acids is 1. The highest BCUT2D eigenvalue weighted by Crippen LogP contribution is 2.37. The maximum Gasteiger partial charge on any atom is 0.416 e. The molecule has 0 aliphatic carbocycles. The predicted molar refractivity (Wildman–Crippen MR) is 88.3 cm³/mol. The monoisotopic (exact) mass is 354 g/mol. The molecule has 0 aliphatic heterocycles. The highest BCUT2D eigenvalue weighted by atomic mass is 19.4. The van der Waals surface area contributed by atoms with Gasteiger partial charge >= 0.3 is 11.9 Å². The summed E-state index contributed by atoms with van der Waals surface area (Å²) in [6.07, 6.45) is -0.304. The summed E-state index contributed by atoms with van der Waals surface area (Å²) in [7, 11) is 0. The molecule has 0 saturated carbocycles. The van der Waals surface area contributed by atoms with Crippen LogP contribution in [0.3, 0.4) is 0 Å². The maximum absolute atomic E-state index is 13.2. The third kappa shape index (κ3) is 3.86. The van der Waals surface area contributed by atoms with Crippen LogP contribution in [0, 0.1) is 5.92 Å². The lowest BCUT2D eigenvalue weighted by Crippen LogP contribution is -2.45. The summed E-state index contributed by atoms with van der Waals surface area (Å²) < 4.78 is 41.0. The molecule has 2 rings (SSSR count). The summed E-state index contributed by atoms with van der Waals surface area (Å²) in [5.74, 6) is -0.121. The minimum absolute atomic E-state index is 0.0522. The number of rotatable bonds is 7. The van der Waals surface area contributed by atoms with Crippen molar-refractivity contribution in [2.45, 2.75) is 44.8 Å². The number of H-pyrrole nitrogens is 1. The van der Waals surface area contributed by atoms with Crippen LogP contribution >= 0.6 is 0 Å². The number of carbonyl (C=O) groups is 1. The summed E-state index contributed by atoms with van der Waals surface area (Å²) in [4.78, 5) is 25.9. The molecule has 2 aromatic rings. The molecule has 0 amide bonds. The molecular formula is C18H21F3N2O2. The molecule has 1 aromatic carbocycles. The van der Waals surface area contributed by atoms with Crippen molar-refractivity contribution < 1.29 is 18.0 Å². The van der Waals surface area contributed by atoms with Crippen LogP contribution in [0.15, 0.2) is 41.5 Å². The highest BCUT2D eigenvalue weighted by Gasteiger charge is 2.38. The Morgan fingerprint density at radius 2 is 1.92 bits per heavy atom. The molecule has 1 atom stereocenters. The molecule has 0 fully saturated rings. The van der Waals surface area contributed by atoms with Crippen LogP contribution in [0.25, 0.3) is 0 Å². The van der Waals surface area contributed by atoms with E-state index in [-0.39, 0.29) is 36.4 Å². The lowest BCUT2D eigenvalue weighted by Gasteiger charge is -2.37. The van der Waals surface area contributed by atoms with Gasteiger partial charge in [-0.2, -0.15) is 13.2 Å². The van der Waals surface area contributed by atoms with Gasteiger partial charge in [-0.25, -0.2) is 4.79 Å². The molecule has 25 heavy (non-hydrogen) atoms. The van der Waals surface area contributed by atoms with Gasteiger partial charge in [0.25, 0.3) is 0 Å². The molecular weight excluding hydrogens is 333 g/mol. The smallest absolute Gasteiger partial charge is 0.313 e. The Kier molecular flexibility index (Phi) is 5.55. The van der Waals surface area contributed by atoms with E-state index >= 15 is 0 Å². The predicted octanol–water partition coefficient (Wildman–Crippen LogP) is 3.77. The van der Waals surface area contributed by atoms with Crippen molar-refractivity contribution in [2.75, 3.05) is 0 Å². The van der Waals surface area contributed by atoms with Gasteiger partial charge in [-0.05, 0) is 30.4 Å². The number of hydrogen-bond donors (Lipinski definition) is 1. The number of hydrogen-bond acceptors (Lipinski definition) is 2. The molecule has 1 N–H and O–H groups in total. The number of halogens is 3. The van der Waals surface area contributed by atoms with E-state index in [0.29, 0.717) is 0 Å². The number of aldehydes is 1. The molecule has 0 radical (unpaired) electrons. The quantitative estimate of drug-likeness (QED) is 0.770. The summed E-state index contributed by atoms with van der Waals surface area (Å²) in [5, 5.41) is 0. The number of nitrogens with zero attached hydrogens (tertiary/aromatic N) is 1. The molecule has 0 spiro atoms. The van der Waals surface area contributed by atoms with Gasteiger partial charge in [-0.1, -0.05) is 32.0 Å². The fourth-order valence-electron chi connectivity index (χ4n) is 3.30. The number of benzene rings is 1. The standard InChI is InChI=1S/C18H21F3N2O2/c1-13(2)17(9-12-24,23-11-10-22-16(23)25)8-7-14-5-3-4-6-15(14)18(19,20)21/h3-6,10-13H,7-9H2,1-2H3,(H,22,25). The topological polar surface area (TPSA) is 54.9 Å². The van der Waals surface area contributed by atoms with Crippen molar-refractivity contribution >= 4 is 6.29 Å². The number of aryl methyl sites for hydroxylation is 1. The first-order valence-corrected chi connectivity index (χ1v) is 8.07. The zero-order valence-corrected chi connectivity index (χ0v) is 14.1. The van der Waals surface area contributed by atoms with Crippen LogP contribution < -0.4 is 5.69 Å². The number of imidazole rings is 1. The first-order chi connectivity index (χ1) is 11.7. The van der Waals surface area contributed by atoms with E-state index in [1.54, 1.807) is 12.3 Å². The third-order valence-corrected chi connectivity index (χ3v) is 4.79. The second-order valence-corrected chi connectivity index (χ2v) is 6.42. The lowest BCUT2D eigenvalue weighted by atomic mass is 9.78. The SMILES string of the molecule is CC(C)C(CC=O)(CCc1ccccc1C(F)(F)F)n1cc[nH]c1=O.